The van der Waals surface area contributed by atoms with Crippen LogP contribution in [-0.4, -0.2) is 23.1 Å². The van der Waals surface area contributed by atoms with E-state index in [0.29, 0.717) is 22.7 Å². The molecule has 0 spiro atoms. The smallest absolute Gasteiger partial charge is 0.416 e. The number of hydrazine groups is 2. The number of halogens is 4. The number of pyridine rings is 1. The summed E-state index contributed by atoms with van der Waals surface area (Å²) in [6.45, 7) is 1.78. The zero-order chi connectivity index (χ0) is 20.9. The zero-order valence-electron chi connectivity index (χ0n) is 15.0. The number of nitrogens with zero attached hydrogens (tertiary/aromatic N) is 3. The number of alkyl halides is 3. The molecule has 0 bridgehead atoms. The Morgan fingerprint density at radius 2 is 1.90 bits per heavy atom. The Labute approximate surface area is 168 Å². The Kier molecular flexibility index (Phi) is 6.39. The lowest BCUT2D eigenvalue weighted by atomic mass is 10.1. The standard InChI is InChI=1S/C17H16ClF3N6O2/c1-10(25-29-8-11-2-4-12(5-3-11)17(19,20)21)13-6-7-14(18)22-16(13)28-9-15-23-26-27-24-15/h2-7,26-27H,8-9H2,1H3,(H,23,24). The van der Waals surface area contributed by atoms with Crippen LogP contribution in [0.25, 0.3) is 0 Å². The molecule has 0 aliphatic carbocycles. The van der Waals surface area contributed by atoms with Crippen molar-refractivity contribution in [2.24, 2.45) is 10.3 Å². The minimum Gasteiger partial charge on any atom is -0.469 e. The number of ether oxygens (including phenoxy) is 1. The van der Waals surface area contributed by atoms with Crippen LogP contribution in [0, 0.1) is 0 Å². The molecule has 3 rings (SSSR count). The predicted octanol–water partition coefficient (Wildman–Crippen LogP) is 3.00. The van der Waals surface area contributed by atoms with Gasteiger partial charge in [-0.15, -0.1) is 10.6 Å². The summed E-state index contributed by atoms with van der Waals surface area (Å²) in [5, 5.41) is 8.11. The summed E-state index contributed by atoms with van der Waals surface area (Å²) < 4.78 is 43.4. The summed E-state index contributed by atoms with van der Waals surface area (Å²) in [7, 11) is 0. The van der Waals surface area contributed by atoms with Gasteiger partial charge in [0.2, 0.25) is 5.88 Å². The van der Waals surface area contributed by atoms with Crippen LogP contribution in [0.3, 0.4) is 0 Å². The maximum Gasteiger partial charge on any atom is 0.416 e. The molecule has 8 nitrogen and oxygen atoms in total. The number of aromatic nitrogens is 1. The summed E-state index contributed by atoms with van der Waals surface area (Å²) in [6, 6.07) is 7.91. The number of benzene rings is 1. The molecule has 0 atom stereocenters. The van der Waals surface area contributed by atoms with Crippen molar-refractivity contribution in [3.8, 4) is 5.88 Å². The SMILES string of the molecule is CC(=NOCc1ccc(C(F)(F)F)cc1)c1ccc(Cl)nc1OCC1=NNNN1. The van der Waals surface area contributed by atoms with Crippen molar-refractivity contribution < 1.29 is 22.7 Å². The number of nitrogens with one attached hydrogen (secondary N) is 3. The molecular formula is C17H16ClF3N6O2. The summed E-state index contributed by atoms with van der Waals surface area (Å²) in [6.07, 6.45) is -4.38. The van der Waals surface area contributed by atoms with Crippen LogP contribution in [0.4, 0.5) is 13.2 Å². The minimum absolute atomic E-state index is 0.00471. The first kappa shape index (κ1) is 20.7. The minimum atomic E-state index is -4.38. The molecule has 0 saturated heterocycles. The first-order valence-corrected chi connectivity index (χ1v) is 8.66. The average molecular weight is 429 g/mol. The average Bonchev–Trinajstić information content (AvgIpc) is 3.19. The first-order valence-electron chi connectivity index (χ1n) is 8.28. The molecule has 1 aromatic heterocycles. The van der Waals surface area contributed by atoms with Crippen LogP contribution in [0.15, 0.2) is 46.7 Å². The van der Waals surface area contributed by atoms with Gasteiger partial charge in [0, 0.05) is 0 Å². The van der Waals surface area contributed by atoms with Gasteiger partial charge >= 0.3 is 6.18 Å². The number of amidine groups is 1. The normalized spacial score (nSPS) is 14.1. The number of oxime groups is 1. The molecule has 12 heteroatoms. The first-order chi connectivity index (χ1) is 13.8. The van der Waals surface area contributed by atoms with Crippen molar-refractivity contribution in [3.05, 3.63) is 58.2 Å². The Morgan fingerprint density at radius 1 is 1.14 bits per heavy atom. The van der Waals surface area contributed by atoms with Gasteiger partial charge in [-0.25, -0.2) is 10.5 Å². The van der Waals surface area contributed by atoms with E-state index < -0.39 is 11.7 Å². The van der Waals surface area contributed by atoms with Crippen LogP contribution in [-0.2, 0) is 17.6 Å². The van der Waals surface area contributed by atoms with Crippen LogP contribution in [0.5, 0.6) is 5.88 Å². The molecule has 1 aliphatic rings. The molecule has 0 amide bonds. The molecule has 0 unspecified atom stereocenters. The van der Waals surface area contributed by atoms with Crippen molar-refractivity contribution in [1.29, 1.82) is 0 Å². The fourth-order valence-electron chi connectivity index (χ4n) is 2.27. The summed E-state index contributed by atoms with van der Waals surface area (Å²) in [4.78, 5) is 9.39. The third kappa shape index (κ3) is 5.72. The topological polar surface area (TPSA) is 92.2 Å². The summed E-state index contributed by atoms with van der Waals surface area (Å²) in [5.74, 6) is 0.735. The molecule has 2 aromatic rings. The number of hydrazone groups is 1. The molecule has 3 N–H and O–H groups in total. The van der Waals surface area contributed by atoms with Gasteiger partial charge in [-0.3, -0.25) is 5.43 Å². The molecule has 0 radical (unpaired) electrons. The van der Waals surface area contributed by atoms with E-state index >= 15 is 0 Å². The van der Waals surface area contributed by atoms with E-state index in [4.69, 9.17) is 21.2 Å². The highest BCUT2D eigenvalue weighted by Crippen LogP contribution is 2.29. The van der Waals surface area contributed by atoms with E-state index in [2.05, 4.69) is 31.7 Å². The highest BCUT2D eigenvalue weighted by atomic mass is 35.5. The predicted molar refractivity (Wildman–Crippen MR) is 100 cm³/mol. The van der Waals surface area contributed by atoms with Crippen molar-refractivity contribution in [1.82, 2.24) is 21.5 Å². The molecule has 154 valence electrons. The molecule has 0 saturated carbocycles. The second-order valence-electron chi connectivity index (χ2n) is 5.84. The molecule has 1 aromatic carbocycles. The lowest BCUT2D eigenvalue weighted by molar-refractivity contribution is -0.137. The Hall–Kier alpha value is -3.05. The van der Waals surface area contributed by atoms with Crippen molar-refractivity contribution in [2.75, 3.05) is 6.61 Å². The molecule has 1 aliphatic heterocycles. The van der Waals surface area contributed by atoms with Crippen LogP contribution >= 0.6 is 11.6 Å². The Morgan fingerprint density at radius 3 is 2.55 bits per heavy atom. The second-order valence-corrected chi connectivity index (χ2v) is 6.23. The quantitative estimate of drug-likeness (QED) is 0.357. The van der Waals surface area contributed by atoms with Gasteiger partial charge in [-0.1, -0.05) is 28.9 Å². The van der Waals surface area contributed by atoms with Gasteiger partial charge < -0.3 is 9.57 Å². The molecule has 29 heavy (non-hydrogen) atoms. The fraction of sp³-hybridized carbons (Fsp3) is 0.235. The highest BCUT2D eigenvalue weighted by molar-refractivity contribution is 6.29. The van der Waals surface area contributed by atoms with E-state index in [9.17, 15) is 13.2 Å². The Bertz CT molecular complexity index is 918. The van der Waals surface area contributed by atoms with Crippen molar-refractivity contribution >= 4 is 23.1 Å². The van der Waals surface area contributed by atoms with Gasteiger partial charge in [-0.05, 0) is 36.8 Å². The van der Waals surface area contributed by atoms with Crippen LogP contribution in [0.2, 0.25) is 5.15 Å². The molecule has 0 fully saturated rings. The highest BCUT2D eigenvalue weighted by Gasteiger charge is 2.29. The molecular weight excluding hydrogens is 413 g/mol. The van der Waals surface area contributed by atoms with E-state index in [1.807, 2.05) is 0 Å². The van der Waals surface area contributed by atoms with Gasteiger partial charge in [0.1, 0.15) is 11.8 Å². The van der Waals surface area contributed by atoms with Crippen LogP contribution < -0.4 is 21.2 Å². The van der Waals surface area contributed by atoms with E-state index in [-0.39, 0.29) is 24.2 Å². The third-order valence-electron chi connectivity index (χ3n) is 3.73. The van der Waals surface area contributed by atoms with Gasteiger partial charge in [0.15, 0.2) is 12.4 Å². The van der Waals surface area contributed by atoms with E-state index in [0.717, 1.165) is 12.1 Å². The molecule has 2 heterocycles. The fourth-order valence-corrected chi connectivity index (χ4v) is 2.41. The van der Waals surface area contributed by atoms with Crippen molar-refractivity contribution in [2.45, 2.75) is 19.7 Å². The Balaban J connectivity index is 1.64. The second kappa shape index (κ2) is 8.97. The lowest BCUT2D eigenvalue weighted by Crippen LogP contribution is -2.37. The maximum atomic E-state index is 12.6. The van der Waals surface area contributed by atoms with Gasteiger partial charge in [0.25, 0.3) is 0 Å². The number of rotatable bonds is 7. The maximum absolute atomic E-state index is 12.6. The van der Waals surface area contributed by atoms with E-state index in [1.54, 1.807) is 19.1 Å². The monoisotopic (exact) mass is 428 g/mol. The van der Waals surface area contributed by atoms with E-state index in [1.165, 1.54) is 12.1 Å². The lowest BCUT2D eigenvalue weighted by Gasteiger charge is -2.10. The third-order valence-corrected chi connectivity index (χ3v) is 3.94. The summed E-state index contributed by atoms with van der Waals surface area (Å²) in [5.41, 5.74) is 8.64. The summed E-state index contributed by atoms with van der Waals surface area (Å²) >= 11 is 5.93. The largest absolute Gasteiger partial charge is 0.469 e. The number of hydrogen-bond acceptors (Lipinski definition) is 8. The number of hydrogen-bond donors (Lipinski definition) is 3. The van der Waals surface area contributed by atoms with Crippen molar-refractivity contribution in [3.63, 3.8) is 0 Å². The van der Waals surface area contributed by atoms with Gasteiger partial charge in [-0.2, -0.15) is 13.2 Å². The van der Waals surface area contributed by atoms with Crippen LogP contribution in [0.1, 0.15) is 23.6 Å². The van der Waals surface area contributed by atoms with Gasteiger partial charge in [0.05, 0.1) is 16.8 Å². The zero-order valence-corrected chi connectivity index (χ0v) is 15.8.